The van der Waals surface area contributed by atoms with Gasteiger partial charge in [-0.15, -0.1) is 0 Å². The summed E-state index contributed by atoms with van der Waals surface area (Å²) in [5.41, 5.74) is 2.69. The minimum absolute atomic E-state index is 0.111. The highest BCUT2D eigenvalue weighted by Crippen LogP contribution is 2.39. The number of anilines is 1. The molecule has 0 unspecified atom stereocenters. The van der Waals surface area contributed by atoms with Crippen molar-refractivity contribution < 1.29 is 13.2 Å². The molecule has 0 amide bonds. The standard InChI is InChI=1S/C20H26N2O4S/c1-13-8-16(15-10-17(21(2)3)20(23)22(4)11-15)19(26-12-14-6-7-14)18(9-13)27(5,24)25/h8-11,14H,6-7,12H2,1-5H3. The number of hydrogen-bond acceptors (Lipinski definition) is 5. The van der Waals surface area contributed by atoms with Crippen molar-refractivity contribution in [2.24, 2.45) is 13.0 Å². The number of ether oxygens (including phenoxy) is 1. The molecule has 3 rings (SSSR count). The van der Waals surface area contributed by atoms with Gasteiger partial charge in [0, 0.05) is 44.7 Å². The molecule has 0 saturated heterocycles. The highest BCUT2D eigenvalue weighted by atomic mass is 32.2. The van der Waals surface area contributed by atoms with E-state index in [0.29, 0.717) is 29.5 Å². The molecule has 1 saturated carbocycles. The smallest absolute Gasteiger partial charge is 0.273 e. The number of benzene rings is 1. The summed E-state index contributed by atoms with van der Waals surface area (Å²) in [5.74, 6) is 0.863. The third kappa shape index (κ3) is 4.18. The van der Waals surface area contributed by atoms with Gasteiger partial charge in [-0.05, 0) is 49.4 Å². The molecule has 1 heterocycles. The van der Waals surface area contributed by atoms with Gasteiger partial charge >= 0.3 is 0 Å². The Hall–Kier alpha value is -2.28. The van der Waals surface area contributed by atoms with Gasteiger partial charge in [0.1, 0.15) is 16.3 Å². The number of nitrogens with zero attached hydrogens (tertiary/aromatic N) is 2. The molecule has 0 radical (unpaired) electrons. The van der Waals surface area contributed by atoms with E-state index in [4.69, 9.17) is 4.74 Å². The SMILES string of the molecule is Cc1cc(-c2cc(N(C)C)c(=O)n(C)c2)c(OCC2CC2)c(S(C)(=O)=O)c1. The van der Waals surface area contributed by atoms with Crippen molar-refractivity contribution in [1.29, 1.82) is 0 Å². The summed E-state index contributed by atoms with van der Waals surface area (Å²) in [4.78, 5) is 14.3. The van der Waals surface area contributed by atoms with Crippen molar-refractivity contribution in [3.8, 4) is 16.9 Å². The fraction of sp³-hybridized carbons (Fsp3) is 0.450. The summed E-state index contributed by atoms with van der Waals surface area (Å²) >= 11 is 0. The number of sulfone groups is 1. The van der Waals surface area contributed by atoms with Gasteiger partial charge in [0.25, 0.3) is 5.56 Å². The molecule has 0 N–H and O–H groups in total. The minimum atomic E-state index is -3.46. The molecule has 1 fully saturated rings. The van der Waals surface area contributed by atoms with Crippen molar-refractivity contribution in [3.05, 3.63) is 40.3 Å². The van der Waals surface area contributed by atoms with E-state index in [2.05, 4.69) is 0 Å². The molecule has 2 aromatic rings. The second-order valence-corrected chi connectivity index (χ2v) is 9.57. The van der Waals surface area contributed by atoms with Crippen LogP contribution >= 0.6 is 0 Å². The van der Waals surface area contributed by atoms with E-state index < -0.39 is 9.84 Å². The molecule has 27 heavy (non-hydrogen) atoms. The first kappa shape index (κ1) is 19.5. The molecule has 1 aromatic carbocycles. The summed E-state index contributed by atoms with van der Waals surface area (Å²) < 4.78 is 32.3. The first-order valence-electron chi connectivity index (χ1n) is 8.94. The topological polar surface area (TPSA) is 68.6 Å². The average molecular weight is 391 g/mol. The zero-order chi connectivity index (χ0) is 19.9. The largest absolute Gasteiger partial charge is 0.491 e. The molecule has 1 aliphatic carbocycles. The molecular formula is C20H26N2O4S. The van der Waals surface area contributed by atoms with Crippen LogP contribution in [0.15, 0.2) is 34.1 Å². The van der Waals surface area contributed by atoms with E-state index in [1.165, 1.54) is 10.8 Å². The highest BCUT2D eigenvalue weighted by Gasteiger charge is 2.26. The lowest BCUT2D eigenvalue weighted by Gasteiger charge is -2.19. The van der Waals surface area contributed by atoms with E-state index in [9.17, 15) is 13.2 Å². The Balaban J connectivity index is 2.25. The third-order valence-electron chi connectivity index (χ3n) is 4.72. The molecule has 1 aromatic heterocycles. The Kier molecular flexibility index (Phi) is 5.08. The Bertz CT molecular complexity index is 1030. The zero-order valence-electron chi connectivity index (χ0n) is 16.4. The monoisotopic (exact) mass is 390 g/mol. The molecule has 0 bridgehead atoms. The fourth-order valence-corrected chi connectivity index (χ4v) is 3.93. The van der Waals surface area contributed by atoms with Crippen LogP contribution in [0.4, 0.5) is 5.69 Å². The number of rotatable bonds is 6. The maximum atomic E-state index is 12.4. The average Bonchev–Trinajstić information content (AvgIpc) is 3.38. The van der Waals surface area contributed by atoms with Crippen LogP contribution in [0.2, 0.25) is 0 Å². The Morgan fingerprint density at radius 2 is 1.89 bits per heavy atom. The zero-order valence-corrected chi connectivity index (χ0v) is 17.3. The van der Waals surface area contributed by atoms with Crippen LogP contribution in [0.5, 0.6) is 5.75 Å². The van der Waals surface area contributed by atoms with E-state index in [1.54, 1.807) is 30.3 Å². The number of pyridine rings is 1. The molecule has 7 heteroatoms. The van der Waals surface area contributed by atoms with Crippen LogP contribution in [0.3, 0.4) is 0 Å². The molecule has 6 nitrogen and oxygen atoms in total. The van der Waals surface area contributed by atoms with Crippen LogP contribution in [-0.4, -0.2) is 39.9 Å². The fourth-order valence-electron chi connectivity index (χ4n) is 3.03. The minimum Gasteiger partial charge on any atom is -0.491 e. The van der Waals surface area contributed by atoms with Crippen LogP contribution in [-0.2, 0) is 16.9 Å². The summed E-state index contributed by atoms with van der Waals surface area (Å²) in [6.07, 6.45) is 5.14. The molecule has 146 valence electrons. The number of aromatic nitrogens is 1. The molecule has 0 spiro atoms. The van der Waals surface area contributed by atoms with E-state index in [0.717, 1.165) is 24.0 Å². The van der Waals surface area contributed by atoms with Gasteiger partial charge in [0.05, 0.1) is 6.61 Å². The van der Waals surface area contributed by atoms with E-state index in [1.807, 2.05) is 27.1 Å². The second kappa shape index (κ2) is 7.03. The van der Waals surface area contributed by atoms with Gasteiger partial charge in [-0.3, -0.25) is 4.79 Å². The molecule has 0 atom stereocenters. The first-order valence-corrected chi connectivity index (χ1v) is 10.8. The van der Waals surface area contributed by atoms with Crippen molar-refractivity contribution >= 4 is 15.5 Å². The van der Waals surface area contributed by atoms with Crippen LogP contribution in [0.1, 0.15) is 18.4 Å². The molecule has 1 aliphatic rings. The van der Waals surface area contributed by atoms with Crippen LogP contribution in [0.25, 0.3) is 11.1 Å². The summed E-state index contributed by atoms with van der Waals surface area (Å²) in [6, 6.07) is 5.35. The summed E-state index contributed by atoms with van der Waals surface area (Å²) in [7, 11) is 1.85. The maximum Gasteiger partial charge on any atom is 0.273 e. The van der Waals surface area contributed by atoms with Gasteiger partial charge in [-0.1, -0.05) is 0 Å². The number of aryl methyl sites for hydroxylation is 2. The van der Waals surface area contributed by atoms with Gasteiger partial charge in [-0.25, -0.2) is 8.42 Å². The van der Waals surface area contributed by atoms with Crippen molar-refractivity contribution in [1.82, 2.24) is 4.57 Å². The van der Waals surface area contributed by atoms with E-state index in [-0.39, 0.29) is 10.5 Å². The van der Waals surface area contributed by atoms with Crippen molar-refractivity contribution in [3.63, 3.8) is 0 Å². The quantitative estimate of drug-likeness (QED) is 0.758. The predicted octanol–water partition coefficient (Wildman–Crippen LogP) is 2.62. The number of hydrogen-bond donors (Lipinski definition) is 0. The van der Waals surface area contributed by atoms with Gasteiger partial charge in [-0.2, -0.15) is 0 Å². The summed E-state index contributed by atoms with van der Waals surface area (Å²) in [5, 5.41) is 0. The normalized spacial score (nSPS) is 14.3. The lowest BCUT2D eigenvalue weighted by Crippen LogP contribution is -2.25. The predicted molar refractivity (Wildman–Crippen MR) is 108 cm³/mol. The highest BCUT2D eigenvalue weighted by molar-refractivity contribution is 7.90. The third-order valence-corrected chi connectivity index (χ3v) is 5.82. The lowest BCUT2D eigenvalue weighted by atomic mass is 10.0. The Labute approximate surface area is 160 Å². The molecular weight excluding hydrogens is 364 g/mol. The maximum absolute atomic E-state index is 12.4. The van der Waals surface area contributed by atoms with Gasteiger partial charge in [0.15, 0.2) is 9.84 Å². The lowest BCUT2D eigenvalue weighted by molar-refractivity contribution is 0.293. The van der Waals surface area contributed by atoms with Crippen molar-refractivity contribution in [2.75, 3.05) is 31.9 Å². The Morgan fingerprint density at radius 1 is 1.22 bits per heavy atom. The Morgan fingerprint density at radius 3 is 2.44 bits per heavy atom. The van der Waals surface area contributed by atoms with E-state index >= 15 is 0 Å². The first-order chi connectivity index (χ1) is 12.6. The van der Waals surface area contributed by atoms with Gasteiger partial charge < -0.3 is 14.2 Å². The summed E-state index contributed by atoms with van der Waals surface area (Å²) in [6.45, 7) is 2.36. The van der Waals surface area contributed by atoms with Crippen molar-refractivity contribution in [2.45, 2.75) is 24.7 Å². The molecule has 0 aliphatic heterocycles. The van der Waals surface area contributed by atoms with Gasteiger partial charge in [0.2, 0.25) is 0 Å². The van der Waals surface area contributed by atoms with Crippen LogP contribution < -0.4 is 15.2 Å². The van der Waals surface area contributed by atoms with Crippen LogP contribution in [0, 0.1) is 12.8 Å². The second-order valence-electron chi connectivity index (χ2n) is 7.59.